The molecule has 2 fully saturated rings. The lowest BCUT2D eigenvalue weighted by atomic mass is 9.93. The summed E-state index contributed by atoms with van der Waals surface area (Å²) in [5.74, 6) is 0. The Morgan fingerprint density at radius 2 is 1.21 bits per heavy atom. The van der Waals surface area contributed by atoms with Gasteiger partial charge in [0.15, 0.2) is 0 Å². The Morgan fingerprint density at radius 1 is 0.714 bits per heavy atom. The first-order chi connectivity index (χ1) is 6.52. The van der Waals surface area contributed by atoms with Gasteiger partial charge in [0.2, 0.25) is 0 Å². The fourth-order valence-corrected chi connectivity index (χ4v) is 2.31. The van der Waals surface area contributed by atoms with Crippen LogP contribution in [-0.4, -0.2) is 80.1 Å². The molecule has 2 heterocycles. The topological polar surface area (TPSA) is 104 Å². The molecule has 0 aliphatic carbocycles. The summed E-state index contributed by atoms with van der Waals surface area (Å²) in [6.45, 7) is 0.379. The fraction of sp³-hybridized carbons (Fsp3) is 1.00. The van der Waals surface area contributed by atoms with Gasteiger partial charge < -0.3 is 25.5 Å². The highest BCUT2D eigenvalue weighted by Gasteiger charge is 2.51. The summed E-state index contributed by atoms with van der Waals surface area (Å²) in [5.41, 5.74) is 0. The SMILES string of the molecule is OC1CN2C[C@@H](O)C(O)C2[C@@H](O)C1O. The van der Waals surface area contributed by atoms with Crippen LogP contribution >= 0.6 is 0 Å². The van der Waals surface area contributed by atoms with E-state index in [1.807, 2.05) is 0 Å². The Kier molecular flexibility index (Phi) is 2.50. The number of aliphatic hydroxyl groups is 5. The predicted octanol–water partition coefficient (Wildman–Crippen LogP) is -3.51. The van der Waals surface area contributed by atoms with Gasteiger partial charge in [-0.3, -0.25) is 4.90 Å². The number of hydrogen-bond acceptors (Lipinski definition) is 6. The maximum absolute atomic E-state index is 9.58. The van der Waals surface area contributed by atoms with E-state index in [2.05, 4.69) is 0 Å². The van der Waals surface area contributed by atoms with Crippen molar-refractivity contribution in [2.75, 3.05) is 13.1 Å². The van der Waals surface area contributed by atoms with E-state index >= 15 is 0 Å². The maximum atomic E-state index is 9.58. The molecule has 0 aromatic rings. The van der Waals surface area contributed by atoms with Crippen LogP contribution in [0.1, 0.15) is 0 Å². The lowest BCUT2D eigenvalue weighted by Gasteiger charge is -2.40. The van der Waals surface area contributed by atoms with Crippen LogP contribution in [0.15, 0.2) is 0 Å². The second kappa shape index (κ2) is 3.41. The molecule has 0 amide bonds. The molecule has 6 nitrogen and oxygen atoms in total. The highest BCUT2D eigenvalue weighted by molar-refractivity contribution is 5.04. The summed E-state index contributed by atoms with van der Waals surface area (Å²) in [5, 5.41) is 47.2. The van der Waals surface area contributed by atoms with E-state index in [0.29, 0.717) is 0 Å². The van der Waals surface area contributed by atoms with E-state index in [1.54, 1.807) is 4.90 Å². The van der Waals surface area contributed by atoms with Crippen molar-refractivity contribution in [3.63, 3.8) is 0 Å². The first-order valence-electron chi connectivity index (χ1n) is 4.66. The molecule has 6 atom stereocenters. The van der Waals surface area contributed by atoms with Crippen LogP contribution in [0.2, 0.25) is 0 Å². The van der Waals surface area contributed by atoms with Crippen LogP contribution in [0.3, 0.4) is 0 Å². The Labute approximate surface area is 81.0 Å². The molecule has 2 aliphatic rings. The smallest absolute Gasteiger partial charge is 0.109 e. The molecular weight excluding hydrogens is 190 g/mol. The van der Waals surface area contributed by atoms with Crippen molar-refractivity contribution >= 4 is 0 Å². The summed E-state index contributed by atoms with van der Waals surface area (Å²) in [7, 11) is 0. The van der Waals surface area contributed by atoms with Gasteiger partial charge in [0.1, 0.15) is 12.2 Å². The average Bonchev–Trinajstić information content (AvgIpc) is 2.39. The molecule has 0 aromatic carbocycles. The molecule has 0 spiro atoms. The molecule has 2 aliphatic heterocycles. The lowest BCUT2D eigenvalue weighted by Crippen LogP contribution is -2.61. The van der Waals surface area contributed by atoms with Gasteiger partial charge >= 0.3 is 0 Å². The highest BCUT2D eigenvalue weighted by atomic mass is 16.4. The fourth-order valence-electron chi connectivity index (χ4n) is 2.31. The van der Waals surface area contributed by atoms with Crippen molar-refractivity contribution in [3.8, 4) is 0 Å². The molecule has 0 bridgehead atoms. The second-order valence-corrected chi connectivity index (χ2v) is 4.05. The summed E-state index contributed by atoms with van der Waals surface area (Å²) in [6.07, 6.45) is -5.49. The number of nitrogens with zero attached hydrogens (tertiary/aromatic N) is 1. The van der Waals surface area contributed by atoms with E-state index in [9.17, 15) is 25.5 Å². The molecule has 0 saturated carbocycles. The minimum Gasteiger partial charge on any atom is -0.389 e. The van der Waals surface area contributed by atoms with Crippen molar-refractivity contribution in [3.05, 3.63) is 0 Å². The van der Waals surface area contributed by atoms with E-state index in [-0.39, 0.29) is 13.1 Å². The molecule has 14 heavy (non-hydrogen) atoms. The number of fused-ring (bicyclic) bond motifs is 1. The summed E-state index contributed by atoms with van der Waals surface area (Å²) >= 11 is 0. The minimum absolute atomic E-state index is 0.164. The maximum Gasteiger partial charge on any atom is 0.109 e. The standard InChI is InChI=1S/C8H15NO5/c10-3-1-9-2-4(11)7(13)8(14)5(9)6(3)12/h3-8,10-14H,1-2H2/t3-,4?,5?,6?,7?,8-/m1/s1. The monoisotopic (exact) mass is 205 g/mol. The van der Waals surface area contributed by atoms with Crippen molar-refractivity contribution in [2.45, 2.75) is 36.6 Å². The quantitative estimate of drug-likeness (QED) is 0.281. The molecule has 82 valence electrons. The molecule has 4 unspecified atom stereocenters. The van der Waals surface area contributed by atoms with Gasteiger partial charge in [-0.15, -0.1) is 0 Å². The second-order valence-electron chi connectivity index (χ2n) is 4.05. The van der Waals surface area contributed by atoms with E-state index in [0.717, 1.165) is 0 Å². The van der Waals surface area contributed by atoms with E-state index in [1.165, 1.54) is 0 Å². The number of rotatable bonds is 0. The minimum atomic E-state index is -1.25. The normalized spacial score (nSPS) is 54.6. The molecule has 5 N–H and O–H groups in total. The molecule has 2 saturated heterocycles. The molecule has 2 rings (SSSR count). The van der Waals surface area contributed by atoms with E-state index < -0.39 is 36.6 Å². The van der Waals surface area contributed by atoms with Gasteiger partial charge in [-0.1, -0.05) is 0 Å². The van der Waals surface area contributed by atoms with Gasteiger partial charge in [-0.25, -0.2) is 0 Å². The zero-order chi connectivity index (χ0) is 10.5. The summed E-state index contributed by atoms with van der Waals surface area (Å²) < 4.78 is 0. The van der Waals surface area contributed by atoms with Crippen LogP contribution in [0, 0.1) is 0 Å². The van der Waals surface area contributed by atoms with Crippen LogP contribution in [0.25, 0.3) is 0 Å². The van der Waals surface area contributed by atoms with Crippen molar-refractivity contribution < 1.29 is 25.5 Å². The lowest BCUT2D eigenvalue weighted by molar-refractivity contribution is -0.142. The van der Waals surface area contributed by atoms with Crippen molar-refractivity contribution in [2.24, 2.45) is 0 Å². The van der Waals surface area contributed by atoms with Crippen LogP contribution in [0.4, 0.5) is 0 Å². The number of aliphatic hydroxyl groups excluding tert-OH is 5. The third kappa shape index (κ3) is 1.35. The summed E-state index contributed by atoms with van der Waals surface area (Å²) in [6, 6.07) is -0.677. The van der Waals surface area contributed by atoms with E-state index in [4.69, 9.17) is 0 Å². The van der Waals surface area contributed by atoms with Crippen LogP contribution < -0.4 is 0 Å². The third-order valence-corrected chi connectivity index (χ3v) is 3.10. The van der Waals surface area contributed by atoms with Crippen LogP contribution in [0.5, 0.6) is 0 Å². The highest BCUT2D eigenvalue weighted by Crippen LogP contribution is 2.28. The largest absolute Gasteiger partial charge is 0.389 e. The van der Waals surface area contributed by atoms with Gasteiger partial charge in [0, 0.05) is 13.1 Å². The van der Waals surface area contributed by atoms with Gasteiger partial charge in [0.25, 0.3) is 0 Å². The van der Waals surface area contributed by atoms with Crippen LogP contribution in [-0.2, 0) is 0 Å². The Hall–Kier alpha value is -0.240. The van der Waals surface area contributed by atoms with Gasteiger partial charge in [0.05, 0.1) is 24.4 Å². The zero-order valence-corrected chi connectivity index (χ0v) is 7.56. The number of piperidine rings is 1. The Bertz CT molecular complexity index is 224. The first kappa shape index (κ1) is 10.3. The Balaban J connectivity index is 2.18. The molecule has 0 aromatic heterocycles. The molecule has 0 radical (unpaired) electrons. The first-order valence-corrected chi connectivity index (χ1v) is 4.66. The average molecular weight is 205 g/mol. The number of hydrogen-bond donors (Lipinski definition) is 5. The predicted molar refractivity (Wildman–Crippen MR) is 45.4 cm³/mol. The molecular formula is C8H15NO5. The van der Waals surface area contributed by atoms with Crippen molar-refractivity contribution in [1.82, 2.24) is 4.90 Å². The zero-order valence-electron chi connectivity index (χ0n) is 7.56. The Morgan fingerprint density at radius 3 is 1.79 bits per heavy atom. The molecule has 6 heteroatoms. The third-order valence-electron chi connectivity index (χ3n) is 3.10. The van der Waals surface area contributed by atoms with Crippen molar-refractivity contribution in [1.29, 1.82) is 0 Å². The summed E-state index contributed by atoms with van der Waals surface area (Å²) in [4.78, 5) is 1.59. The van der Waals surface area contributed by atoms with Gasteiger partial charge in [-0.05, 0) is 0 Å². The van der Waals surface area contributed by atoms with Gasteiger partial charge in [-0.2, -0.15) is 0 Å².